The van der Waals surface area contributed by atoms with Gasteiger partial charge < -0.3 is 29.9 Å². The van der Waals surface area contributed by atoms with Crippen LogP contribution in [0.5, 0.6) is 11.5 Å². The number of fused-ring (bicyclic) bond motifs is 2. The quantitative estimate of drug-likeness (QED) is 0.389. The van der Waals surface area contributed by atoms with Crippen molar-refractivity contribution in [2.75, 3.05) is 20.2 Å². The minimum Gasteiger partial charge on any atom is -0.508 e. The van der Waals surface area contributed by atoms with Gasteiger partial charge in [0.05, 0.1) is 19.3 Å². The number of phenolic OH excluding ortho intramolecular Hbond substituents is 1. The van der Waals surface area contributed by atoms with E-state index in [0.717, 1.165) is 22.3 Å². The summed E-state index contributed by atoms with van der Waals surface area (Å²) in [6, 6.07) is 16.8. The van der Waals surface area contributed by atoms with Gasteiger partial charge in [0.1, 0.15) is 17.1 Å². The van der Waals surface area contributed by atoms with E-state index in [9.17, 15) is 24.6 Å². The summed E-state index contributed by atoms with van der Waals surface area (Å²) in [5.41, 5.74) is 3.99. The van der Waals surface area contributed by atoms with E-state index in [1.54, 1.807) is 81.3 Å². The molecule has 2 atom stereocenters. The average molecular weight is 602 g/mol. The number of nitrogens with zero attached hydrogens (tertiary/aromatic N) is 2. The van der Waals surface area contributed by atoms with Gasteiger partial charge in [-0.3, -0.25) is 14.5 Å². The highest BCUT2D eigenvalue weighted by Gasteiger charge is 2.37. The molecule has 5 rings (SSSR count). The molecular weight excluding hydrogens is 562 g/mol. The van der Waals surface area contributed by atoms with Crippen LogP contribution in [-0.2, 0) is 30.7 Å². The number of carbonyl (C=O) groups is 3. The zero-order chi connectivity index (χ0) is 31.6. The van der Waals surface area contributed by atoms with Gasteiger partial charge in [-0.15, -0.1) is 0 Å². The number of hydrogen-bond donors (Lipinski definition) is 3. The van der Waals surface area contributed by atoms with Gasteiger partial charge >= 0.3 is 6.09 Å². The lowest BCUT2D eigenvalue weighted by Crippen LogP contribution is -2.54. The molecule has 0 fully saturated rings. The van der Waals surface area contributed by atoms with Crippen LogP contribution in [0.25, 0.3) is 0 Å². The molecular formula is C34H39N3O7. The molecule has 44 heavy (non-hydrogen) atoms. The Morgan fingerprint density at radius 2 is 1.64 bits per heavy atom. The number of amides is 3. The predicted octanol–water partition coefficient (Wildman–Crippen LogP) is 4.05. The highest BCUT2D eigenvalue weighted by Crippen LogP contribution is 2.29. The maximum Gasteiger partial charge on any atom is 0.410 e. The Balaban J connectivity index is 1.23. The van der Waals surface area contributed by atoms with Crippen LogP contribution in [0.4, 0.5) is 4.79 Å². The first-order valence-electron chi connectivity index (χ1n) is 14.7. The van der Waals surface area contributed by atoms with Crippen LogP contribution in [0, 0.1) is 0 Å². The molecule has 3 amide bonds. The first kappa shape index (κ1) is 30.9. The molecule has 0 bridgehead atoms. The van der Waals surface area contributed by atoms with Gasteiger partial charge in [0.25, 0.3) is 11.8 Å². The van der Waals surface area contributed by atoms with Crippen molar-refractivity contribution in [3.63, 3.8) is 0 Å². The van der Waals surface area contributed by atoms with Crippen molar-refractivity contribution >= 4 is 17.9 Å². The van der Waals surface area contributed by atoms with Gasteiger partial charge in [0, 0.05) is 37.3 Å². The summed E-state index contributed by atoms with van der Waals surface area (Å²) in [7, 11) is 1.58. The molecule has 0 aliphatic carbocycles. The van der Waals surface area contributed by atoms with Crippen molar-refractivity contribution in [2.45, 2.75) is 64.4 Å². The van der Waals surface area contributed by atoms with Gasteiger partial charge in [-0.05, 0) is 104 Å². The Hall–Kier alpha value is -4.57. The fourth-order valence-electron chi connectivity index (χ4n) is 5.68. The molecule has 3 aromatic rings. The number of phenols is 1. The number of aliphatic hydroxyl groups is 1. The fourth-order valence-corrected chi connectivity index (χ4v) is 5.68. The largest absolute Gasteiger partial charge is 0.508 e. The second-order valence-electron chi connectivity index (χ2n) is 12.3. The number of aliphatic hydroxyl groups excluding tert-OH is 1. The van der Waals surface area contributed by atoms with Crippen molar-refractivity contribution in [3.8, 4) is 11.5 Å². The summed E-state index contributed by atoms with van der Waals surface area (Å²) in [5.74, 6) is 0.389. The van der Waals surface area contributed by atoms with E-state index in [-0.39, 0.29) is 30.7 Å². The molecule has 0 saturated carbocycles. The summed E-state index contributed by atoms with van der Waals surface area (Å²) in [5, 5.41) is 24.0. The third-order valence-electron chi connectivity index (χ3n) is 8.01. The SMILES string of the molecule is COc1ccc(C(=O)N2CCc3cc(C(=O)NC[C@@H](O)[C@@H]4Cc5ccc(O)cc5CN4C(=O)OC(C)(C)C)ccc3C2)cc1. The van der Waals surface area contributed by atoms with Gasteiger partial charge in [0.15, 0.2) is 0 Å². The van der Waals surface area contributed by atoms with Crippen LogP contribution in [0.1, 0.15) is 63.7 Å². The van der Waals surface area contributed by atoms with E-state index in [4.69, 9.17) is 9.47 Å². The summed E-state index contributed by atoms with van der Waals surface area (Å²) < 4.78 is 10.8. The van der Waals surface area contributed by atoms with Crippen molar-refractivity contribution in [1.29, 1.82) is 0 Å². The van der Waals surface area contributed by atoms with E-state index >= 15 is 0 Å². The van der Waals surface area contributed by atoms with Crippen LogP contribution in [-0.4, -0.2) is 75.9 Å². The number of carbonyl (C=O) groups excluding carboxylic acids is 3. The standard InChI is InChI=1S/C34H39N3O7/c1-34(2,3)44-33(42)37-20-26-16-27(38)10-7-22(26)17-29(37)30(39)18-35-31(40)24-5-6-25-19-36(14-13-23(25)15-24)32(41)21-8-11-28(43-4)12-9-21/h5-12,15-16,29-30,38-39H,13-14,17-20H2,1-4H3,(H,35,40)/t29-,30+/m0/s1. The topological polar surface area (TPSA) is 129 Å². The third-order valence-corrected chi connectivity index (χ3v) is 8.01. The number of methoxy groups -OCH3 is 1. The Morgan fingerprint density at radius 3 is 2.34 bits per heavy atom. The van der Waals surface area contributed by atoms with Crippen LogP contribution < -0.4 is 10.1 Å². The van der Waals surface area contributed by atoms with Crippen LogP contribution >= 0.6 is 0 Å². The first-order chi connectivity index (χ1) is 20.9. The minimum atomic E-state index is -1.07. The smallest absolute Gasteiger partial charge is 0.410 e. The number of aromatic hydroxyl groups is 1. The summed E-state index contributed by atoms with van der Waals surface area (Å²) >= 11 is 0. The molecule has 0 saturated heterocycles. The second-order valence-corrected chi connectivity index (χ2v) is 12.3. The van der Waals surface area contributed by atoms with Gasteiger partial charge in [0.2, 0.25) is 0 Å². The first-order valence-corrected chi connectivity index (χ1v) is 14.7. The van der Waals surface area contributed by atoms with Gasteiger partial charge in [-0.2, -0.15) is 0 Å². The molecule has 2 aliphatic rings. The predicted molar refractivity (Wildman–Crippen MR) is 164 cm³/mol. The molecule has 0 unspecified atom stereocenters. The van der Waals surface area contributed by atoms with Gasteiger partial charge in [-0.1, -0.05) is 12.1 Å². The Labute approximate surface area is 257 Å². The average Bonchev–Trinajstić information content (AvgIpc) is 3.01. The normalized spacial score (nSPS) is 16.8. The van der Waals surface area contributed by atoms with E-state index in [2.05, 4.69) is 5.32 Å². The van der Waals surface area contributed by atoms with E-state index in [0.29, 0.717) is 42.8 Å². The molecule has 0 aromatic heterocycles. The molecule has 232 valence electrons. The van der Waals surface area contributed by atoms with E-state index < -0.39 is 23.8 Å². The maximum atomic E-state index is 13.1. The lowest BCUT2D eigenvalue weighted by atomic mass is 9.91. The number of nitrogens with one attached hydrogen (secondary N) is 1. The molecule has 0 spiro atoms. The number of ether oxygens (including phenoxy) is 2. The second kappa shape index (κ2) is 12.6. The molecule has 2 aliphatic heterocycles. The van der Waals surface area contributed by atoms with Crippen molar-refractivity contribution in [3.05, 3.63) is 94.0 Å². The van der Waals surface area contributed by atoms with Crippen LogP contribution in [0.2, 0.25) is 0 Å². The monoisotopic (exact) mass is 601 g/mol. The lowest BCUT2D eigenvalue weighted by Gasteiger charge is -2.40. The Morgan fingerprint density at radius 1 is 0.932 bits per heavy atom. The van der Waals surface area contributed by atoms with Crippen molar-refractivity contribution < 1.29 is 34.1 Å². The number of benzene rings is 3. The van der Waals surface area contributed by atoms with E-state index in [1.807, 2.05) is 12.1 Å². The molecule has 3 N–H and O–H groups in total. The van der Waals surface area contributed by atoms with Crippen molar-refractivity contribution in [1.82, 2.24) is 15.1 Å². The van der Waals surface area contributed by atoms with Crippen LogP contribution in [0.15, 0.2) is 60.7 Å². The van der Waals surface area contributed by atoms with Crippen molar-refractivity contribution in [2.24, 2.45) is 0 Å². The molecule has 10 heteroatoms. The molecule has 0 radical (unpaired) electrons. The molecule has 3 aromatic carbocycles. The minimum absolute atomic E-state index is 0.0586. The maximum absolute atomic E-state index is 13.1. The number of hydrogen-bond acceptors (Lipinski definition) is 7. The van der Waals surface area contributed by atoms with Gasteiger partial charge in [-0.25, -0.2) is 4.79 Å². The highest BCUT2D eigenvalue weighted by molar-refractivity contribution is 5.95. The Bertz CT molecular complexity index is 1550. The van der Waals surface area contributed by atoms with Crippen LogP contribution in [0.3, 0.4) is 0 Å². The fraction of sp³-hybridized carbons (Fsp3) is 0.382. The summed E-state index contributed by atoms with van der Waals surface area (Å²) in [6.45, 7) is 6.39. The third kappa shape index (κ3) is 6.97. The highest BCUT2D eigenvalue weighted by atomic mass is 16.6. The lowest BCUT2D eigenvalue weighted by molar-refractivity contribution is -0.0113. The number of rotatable bonds is 6. The summed E-state index contributed by atoms with van der Waals surface area (Å²) in [4.78, 5) is 42.5. The summed E-state index contributed by atoms with van der Waals surface area (Å²) in [6.07, 6.45) is -0.682. The zero-order valence-electron chi connectivity index (χ0n) is 25.5. The van der Waals surface area contributed by atoms with E-state index in [1.165, 1.54) is 4.90 Å². The Kier molecular flexibility index (Phi) is 8.82. The molecule has 2 heterocycles. The zero-order valence-corrected chi connectivity index (χ0v) is 25.5. The molecule has 10 nitrogen and oxygen atoms in total.